The molecule has 3 rings (SSSR count). The molecule has 8 heteroatoms. The summed E-state index contributed by atoms with van der Waals surface area (Å²) in [5.74, 6) is -1.08. The van der Waals surface area contributed by atoms with Gasteiger partial charge in [-0.25, -0.2) is 4.79 Å². The molecule has 0 fully saturated rings. The summed E-state index contributed by atoms with van der Waals surface area (Å²) in [7, 11) is 1.31. The first kappa shape index (κ1) is 20.1. The van der Waals surface area contributed by atoms with Gasteiger partial charge in [-0.1, -0.05) is 24.3 Å². The second-order valence-corrected chi connectivity index (χ2v) is 5.90. The molecule has 150 valence electrons. The number of Topliss-reactive ketones (excluding diaryl/α,β-unsaturated/α-hetero) is 1. The monoisotopic (exact) mass is 401 g/mol. The number of aromatic amines is 1. The lowest BCUT2D eigenvalue weighted by atomic mass is 10.1. The van der Waals surface area contributed by atoms with Gasteiger partial charge in [-0.05, 0) is 29.8 Å². The largest absolute Gasteiger partial charge is 0.493 e. The third kappa shape index (κ3) is 4.98. The van der Waals surface area contributed by atoms with Crippen LogP contribution in [0.4, 0.5) is 8.78 Å². The van der Waals surface area contributed by atoms with Crippen molar-refractivity contribution in [3.63, 3.8) is 0 Å². The van der Waals surface area contributed by atoms with Crippen molar-refractivity contribution in [1.29, 1.82) is 0 Å². The normalized spacial score (nSPS) is 11.2. The third-order valence-electron chi connectivity index (χ3n) is 4.05. The van der Waals surface area contributed by atoms with E-state index in [0.717, 1.165) is 17.0 Å². The smallest absolute Gasteiger partial charge is 0.387 e. The molecule has 0 amide bonds. The average molecular weight is 401 g/mol. The van der Waals surface area contributed by atoms with Gasteiger partial charge in [0.05, 0.1) is 7.11 Å². The Morgan fingerprint density at radius 2 is 1.93 bits per heavy atom. The van der Waals surface area contributed by atoms with E-state index in [9.17, 15) is 18.4 Å². The maximum Gasteiger partial charge on any atom is 0.387 e. The Morgan fingerprint density at radius 3 is 2.69 bits per heavy atom. The molecule has 0 spiro atoms. The van der Waals surface area contributed by atoms with Gasteiger partial charge in [-0.3, -0.25) is 4.79 Å². The fraction of sp³-hybridized carbons (Fsp3) is 0.143. The van der Waals surface area contributed by atoms with Gasteiger partial charge in [0.1, 0.15) is 0 Å². The number of alkyl halides is 2. The Kier molecular flexibility index (Phi) is 6.23. The summed E-state index contributed by atoms with van der Waals surface area (Å²) in [4.78, 5) is 27.2. The number of rotatable bonds is 8. The zero-order valence-corrected chi connectivity index (χ0v) is 15.4. The predicted molar refractivity (Wildman–Crippen MR) is 102 cm³/mol. The van der Waals surface area contributed by atoms with E-state index in [1.807, 2.05) is 18.2 Å². The quantitative estimate of drug-likeness (QED) is 0.347. The lowest BCUT2D eigenvalue weighted by molar-refractivity contribution is -0.136. The van der Waals surface area contributed by atoms with E-state index in [-0.39, 0.29) is 17.3 Å². The molecule has 1 heterocycles. The first-order valence-electron chi connectivity index (χ1n) is 8.55. The van der Waals surface area contributed by atoms with E-state index in [0.29, 0.717) is 11.1 Å². The summed E-state index contributed by atoms with van der Waals surface area (Å²) in [6.07, 6.45) is 4.12. The van der Waals surface area contributed by atoms with Crippen LogP contribution in [0.1, 0.15) is 15.9 Å². The van der Waals surface area contributed by atoms with Crippen molar-refractivity contribution in [3.8, 4) is 11.5 Å². The summed E-state index contributed by atoms with van der Waals surface area (Å²) in [5, 5.41) is 0.752. The Balaban J connectivity index is 1.60. The van der Waals surface area contributed by atoms with E-state index in [1.54, 1.807) is 12.3 Å². The third-order valence-corrected chi connectivity index (χ3v) is 4.05. The van der Waals surface area contributed by atoms with Gasteiger partial charge in [0.25, 0.3) is 0 Å². The van der Waals surface area contributed by atoms with Crippen LogP contribution in [0.25, 0.3) is 17.0 Å². The van der Waals surface area contributed by atoms with Gasteiger partial charge in [-0.15, -0.1) is 0 Å². The van der Waals surface area contributed by atoms with Crippen LogP contribution in [0.5, 0.6) is 11.5 Å². The van der Waals surface area contributed by atoms with Crippen LogP contribution >= 0.6 is 0 Å². The first-order valence-corrected chi connectivity index (χ1v) is 8.55. The number of ether oxygens (including phenoxy) is 3. The topological polar surface area (TPSA) is 77.6 Å². The highest BCUT2D eigenvalue weighted by molar-refractivity contribution is 6.09. The molecule has 1 N–H and O–H groups in total. The number of nitrogens with one attached hydrogen (secondary N) is 1. The van der Waals surface area contributed by atoms with Crippen molar-refractivity contribution in [1.82, 2.24) is 4.98 Å². The van der Waals surface area contributed by atoms with Crippen molar-refractivity contribution >= 4 is 28.7 Å². The average Bonchev–Trinajstić information content (AvgIpc) is 3.15. The molecule has 0 aliphatic heterocycles. The van der Waals surface area contributed by atoms with Crippen molar-refractivity contribution in [3.05, 3.63) is 65.9 Å². The molecule has 0 aliphatic carbocycles. The molecule has 0 bridgehead atoms. The Morgan fingerprint density at radius 1 is 1.14 bits per heavy atom. The van der Waals surface area contributed by atoms with Gasteiger partial charge in [0.15, 0.2) is 18.1 Å². The summed E-state index contributed by atoms with van der Waals surface area (Å²) in [6, 6.07) is 11.5. The van der Waals surface area contributed by atoms with Crippen LogP contribution in [0.3, 0.4) is 0 Å². The minimum atomic E-state index is -2.98. The first-order chi connectivity index (χ1) is 14.0. The molecule has 0 unspecified atom stereocenters. The fourth-order valence-electron chi connectivity index (χ4n) is 2.71. The van der Waals surface area contributed by atoms with Crippen molar-refractivity contribution in [2.45, 2.75) is 6.61 Å². The van der Waals surface area contributed by atoms with Gasteiger partial charge in [0, 0.05) is 28.7 Å². The summed E-state index contributed by atoms with van der Waals surface area (Å²) in [5.41, 5.74) is 1.76. The molecular formula is C21H17F2NO5. The number of esters is 1. The second-order valence-electron chi connectivity index (χ2n) is 5.90. The molecule has 0 aliphatic rings. The van der Waals surface area contributed by atoms with Gasteiger partial charge >= 0.3 is 12.6 Å². The highest BCUT2D eigenvalue weighted by atomic mass is 19.3. The lowest BCUT2D eigenvalue weighted by Gasteiger charge is -2.10. The summed E-state index contributed by atoms with van der Waals surface area (Å²) >= 11 is 0. The molecule has 0 radical (unpaired) electrons. The number of aromatic nitrogens is 1. The minimum Gasteiger partial charge on any atom is -0.493 e. The van der Waals surface area contributed by atoms with Crippen LogP contribution < -0.4 is 9.47 Å². The van der Waals surface area contributed by atoms with E-state index >= 15 is 0 Å². The van der Waals surface area contributed by atoms with E-state index < -0.39 is 19.2 Å². The molecule has 0 atom stereocenters. The number of hydrogen-bond acceptors (Lipinski definition) is 5. The number of benzene rings is 2. The van der Waals surface area contributed by atoms with Crippen molar-refractivity contribution in [2.75, 3.05) is 13.7 Å². The zero-order valence-electron chi connectivity index (χ0n) is 15.4. The van der Waals surface area contributed by atoms with Gasteiger partial charge in [-0.2, -0.15) is 8.78 Å². The molecule has 29 heavy (non-hydrogen) atoms. The molecule has 0 saturated carbocycles. The molecule has 3 aromatic rings. The van der Waals surface area contributed by atoms with Crippen LogP contribution in [-0.2, 0) is 9.53 Å². The number of halogens is 2. The molecule has 0 saturated heterocycles. The summed E-state index contributed by atoms with van der Waals surface area (Å²) in [6.45, 7) is -3.38. The van der Waals surface area contributed by atoms with Gasteiger partial charge < -0.3 is 19.2 Å². The number of ketones is 1. The van der Waals surface area contributed by atoms with Crippen molar-refractivity contribution in [2.24, 2.45) is 0 Å². The second kappa shape index (κ2) is 9.01. The summed E-state index contributed by atoms with van der Waals surface area (Å²) < 4.78 is 39.0. The lowest BCUT2D eigenvalue weighted by Crippen LogP contribution is -2.12. The Bertz CT molecular complexity index is 1060. The number of hydrogen-bond donors (Lipinski definition) is 1. The number of fused-ring (bicyclic) bond motifs is 1. The number of carbonyl (C=O) groups is 2. The van der Waals surface area contributed by atoms with Gasteiger partial charge in [0.2, 0.25) is 5.78 Å². The maximum atomic E-state index is 12.3. The van der Waals surface area contributed by atoms with E-state index in [1.165, 1.54) is 31.4 Å². The SMILES string of the molecule is COc1cc(/C=C/C(=O)OCC(=O)c2c[nH]c3ccccc23)ccc1OC(F)F. The van der Waals surface area contributed by atoms with Crippen molar-refractivity contribution < 1.29 is 32.6 Å². The highest BCUT2D eigenvalue weighted by Crippen LogP contribution is 2.29. The number of methoxy groups -OCH3 is 1. The van der Waals surface area contributed by atoms with Crippen LogP contribution in [0, 0.1) is 0 Å². The minimum absolute atomic E-state index is 0.0929. The van der Waals surface area contributed by atoms with E-state index in [4.69, 9.17) is 9.47 Å². The molecule has 2 aromatic carbocycles. The molecule has 1 aromatic heterocycles. The Labute approximate surface area is 164 Å². The molecule has 6 nitrogen and oxygen atoms in total. The van der Waals surface area contributed by atoms with E-state index in [2.05, 4.69) is 9.72 Å². The number of H-pyrrole nitrogens is 1. The standard InChI is InChI=1S/C21H17F2NO5/c1-27-19-10-13(6-8-18(19)29-21(22)23)7-9-20(26)28-12-17(25)15-11-24-16-5-3-2-4-14(15)16/h2-11,21,24H,12H2,1H3/b9-7+. The van der Waals surface area contributed by atoms with Crippen LogP contribution in [-0.4, -0.2) is 37.1 Å². The van der Waals surface area contributed by atoms with Crippen LogP contribution in [0.2, 0.25) is 0 Å². The molecular weight excluding hydrogens is 384 g/mol. The highest BCUT2D eigenvalue weighted by Gasteiger charge is 2.14. The van der Waals surface area contributed by atoms with Crippen LogP contribution in [0.15, 0.2) is 54.7 Å². The predicted octanol–water partition coefficient (Wildman–Crippen LogP) is 4.22. The number of para-hydroxylation sites is 1. The Hall–Kier alpha value is -3.68. The number of carbonyl (C=O) groups excluding carboxylic acids is 2. The zero-order chi connectivity index (χ0) is 20.8. The fourth-order valence-corrected chi connectivity index (χ4v) is 2.71. The maximum absolute atomic E-state index is 12.3.